The number of amides is 2. The lowest BCUT2D eigenvalue weighted by molar-refractivity contribution is -0.116. The van der Waals surface area contributed by atoms with Gasteiger partial charge in [-0.15, -0.1) is 11.3 Å². The maximum atomic E-state index is 13.0. The second-order valence-corrected chi connectivity index (χ2v) is 7.83. The molecule has 0 atom stereocenters. The predicted octanol–water partition coefficient (Wildman–Crippen LogP) is 4.77. The molecule has 1 aromatic heterocycles. The molecule has 2 amide bonds. The topological polar surface area (TPSA) is 49.4 Å². The van der Waals surface area contributed by atoms with E-state index in [2.05, 4.69) is 23.7 Å². The molecular formula is C21H26N2O2S. The van der Waals surface area contributed by atoms with E-state index in [1.807, 2.05) is 30.0 Å². The summed E-state index contributed by atoms with van der Waals surface area (Å²) in [5.41, 5.74) is 3.52. The maximum Gasteiger partial charge on any atom is 0.254 e. The molecule has 138 valence electrons. The van der Waals surface area contributed by atoms with E-state index in [-0.39, 0.29) is 11.8 Å². The minimum atomic E-state index is 0.0204. The highest BCUT2D eigenvalue weighted by Crippen LogP contribution is 2.27. The van der Waals surface area contributed by atoms with Gasteiger partial charge in [-0.3, -0.25) is 9.59 Å². The molecule has 2 heterocycles. The molecule has 0 saturated heterocycles. The Bertz CT molecular complexity index is 797. The van der Waals surface area contributed by atoms with Crippen molar-refractivity contribution in [2.24, 2.45) is 0 Å². The van der Waals surface area contributed by atoms with Gasteiger partial charge >= 0.3 is 0 Å². The summed E-state index contributed by atoms with van der Waals surface area (Å²) in [5, 5.41) is 5.07. The third-order valence-electron chi connectivity index (χ3n) is 4.94. The second kappa shape index (κ2) is 8.49. The third kappa shape index (κ3) is 4.15. The molecule has 26 heavy (non-hydrogen) atoms. The van der Waals surface area contributed by atoms with Crippen LogP contribution in [-0.2, 0) is 17.8 Å². The Hall–Kier alpha value is -2.14. The van der Waals surface area contributed by atoms with Crippen molar-refractivity contribution in [1.29, 1.82) is 0 Å². The van der Waals surface area contributed by atoms with Crippen LogP contribution in [-0.4, -0.2) is 23.3 Å². The van der Waals surface area contributed by atoms with E-state index < -0.39 is 0 Å². The number of thiophene rings is 1. The molecule has 2 aromatic rings. The summed E-state index contributed by atoms with van der Waals surface area (Å²) in [6, 6.07) is 7.69. The Kier molecular flexibility index (Phi) is 6.09. The zero-order valence-corrected chi connectivity index (χ0v) is 16.3. The fourth-order valence-corrected chi connectivity index (χ4v) is 4.23. The van der Waals surface area contributed by atoms with E-state index in [9.17, 15) is 9.59 Å². The quantitative estimate of drug-likeness (QED) is 0.744. The molecule has 0 unspecified atom stereocenters. The van der Waals surface area contributed by atoms with Crippen LogP contribution in [0.2, 0.25) is 0 Å². The summed E-state index contributed by atoms with van der Waals surface area (Å²) in [7, 11) is 0. The van der Waals surface area contributed by atoms with Crippen LogP contribution in [0.25, 0.3) is 0 Å². The van der Waals surface area contributed by atoms with Crippen molar-refractivity contribution >= 4 is 28.8 Å². The lowest BCUT2D eigenvalue weighted by Gasteiger charge is -2.28. The first-order valence-corrected chi connectivity index (χ1v) is 10.2. The standard InChI is InChI=1S/C21H26N2O2S/c1-3-4-5-9-20(24)22-18-8-6-7-17(15(18)2)21(25)23-12-10-19-16(14-23)11-13-26-19/h6-8,11,13H,3-5,9-10,12,14H2,1-2H3,(H,22,24). The summed E-state index contributed by atoms with van der Waals surface area (Å²) in [6.45, 7) is 5.45. The second-order valence-electron chi connectivity index (χ2n) is 6.83. The highest BCUT2D eigenvalue weighted by atomic mass is 32.1. The van der Waals surface area contributed by atoms with Gasteiger partial charge in [0, 0.05) is 35.6 Å². The van der Waals surface area contributed by atoms with Crippen LogP contribution in [0, 0.1) is 6.92 Å². The van der Waals surface area contributed by atoms with E-state index in [1.54, 1.807) is 11.3 Å². The molecule has 1 aliphatic rings. The van der Waals surface area contributed by atoms with E-state index in [0.717, 1.165) is 43.5 Å². The summed E-state index contributed by atoms with van der Waals surface area (Å²) < 4.78 is 0. The van der Waals surface area contributed by atoms with E-state index in [0.29, 0.717) is 18.5 Å². The molecular weight excluding hydrogens is 344 g/mol. The van der Waals surface area contributed by atoms with Gasteiger partial charge in [0.2, 0.25) is 5.91 Å². The first-order chi connectivity index (χ1) is 12.6. The van der Waals surface area contributed by atoms with Gasteiger partial charge in [-0.25, -0.2) is 0 Å². The van der Waals surface area contributed by atoms with E-state index >= 15 is 0 Å². The molecule has 0 radical (unpaired) electrons. The summed E-state index contributed by atoms with van der Waals surface area (Å²) in [6.07, 6.45) is 4.50. The fraction of sp³-hybridized carbons (Fsp3) is 0.429. The molecule has 1 aromatic carbocycles. The van der Waals surface area contributed by atoms with Crippen LogP contribution < -0.4 is 5.32 Å². The number of carbonyl (C=O) groups is 2. The highest BCUT2D eigenvalue weighted by molar-refractivity contribution is 7.10. The summed E-state index contributed by atoms with van der Waals surface area (Å²) in [4.78, 5) is 28.4. The molecule has 5 heteroatoms. The number of unbranched alkanes of at least 4 members (excludes halogenated alkanes) is 2. The number of benzene rings is 1. The van der Waals surface area contributed by atoms with Crippen molar-refractivity contribution in [3.63, 3.8) is 0 Å². The van der Waals surface area contributed by atoms with Crippen LogP contribution in [0.1, 0.15) is 59.0 Å². The molecule has 0 aliphatic carbocycles. The summed E-state index contributed by atoms with van der Waals surface area (Å²) in [5.74, 6) is 0.0634. The van der Waals surface area contributed by atoms with Gasteiger partial charge in [0.1, 0.15) is 0 Å². The number of fused-ring (bicyclic) bond motifs is 1. The van der Waals surface area contributed by atoms with Crippen LogP contribution in [0.3, 0.4) is 0 Å². The van der Waals surface area contributed by atoms with Gasteiger partial charge in [0.15, 0.2) is 0 Å². The van der Waals surface area contributed by atoms with Crippen molar-refractivity contribution in [2.75, 3.05) is 11.9 Å². The zero-order chi connectivity index (χ0) is 18.5. The van der Waals surface area contributed by atoms with Gasteiger partial charge < -0.3 is 10.2 Å². The number of carbonyl (C=O) groups excluding carboxylic acids is 2. The Balaban J connectivity index is 1.70. The van der Waals surface area contributed by atoms with Crippen molar-refractivity contribution in [2.45, 2.75) is 52.5 Å². The van der Waals surface area contributed by atoms with Crippen molar-refractivity contribution in [3.8, 4) is 0 Å². The van der Waals surface area contributed by atoms with E-state index in [1.165, 1.54) is 10.4 Å². The van der Waals surface area contributed by atoms with Crippen molar-refractivity contribution in [3.05, 3.63) is 51.2 Å². The molecule has 0 fully saturated rings. The average Bonchev–Trinajstić information content (AvgIpc) is 3.11. The first kappa shape index (κ1) is 18.6. The highest BCUT2D eigenvalue weighted by Gasteiger charge is 2.24. The largest absolute Gasteiger partial charge is 0.334 e. The number of rotatable bonds is 6. The fourth-order valence-electron chi connectivity index (χ4n) is 3.34. The summed E-state index contributed by atoms with van der Waals surface area (Å²) >= 11 is 1.77. The molecule has 1 aliphatic heterocycles. The van der Waals surface area contributed by atoms with Gasteiger partial charge in [0.05, 0.1) is 0 Å². The van der Waals surface area contributed by atoms with Crippen LogP contribution in [0.5, 0.6) is 0 Å². The average molecular weight is 371 g/mol. The molecule has 3 rings (SSSR count). The maximum absolute atomic E-state index is 13.0. The van der Waals surface area contributed by atoms with Crippen LogP contribution in [0.4, 0.5) is 5.69 Å². The van der Waals surface area contributed by atoms with Crippen LogP contribution in [0.15, 0.2) is 29.6 Å². The monoisotopic (exact) mass is 370 g/mol. The normalized spacial score (nSPS) is 13.4. The van der Waals surface area contributed by atoms with Gasteiger partial charge in [-0.2, -0.15) is 0 Å². The van der Waals surface area contributed by atoms with Crippen molar-refractivity contribution < 1.29 is 9.59 Å². The van der Waals surface area contributed by atoms with Gasteiger partial charge in [0.25, 0.3) is 5.91 Å². The van der Waals surface area contributed by atoms with Gasteiger partial charge in [-0.1, -0.05) is 25.8 Å². The Morgan fingerprint density at radius 3 is 2.88 bits per heavy atom. The lowest BCUT2D eigenvalue weighted by atomic mass is 10.0. The number of nitrogens with one attached hydrogen (secondary N) is 1. The number of hydrogen-bond acceptors (Lipinski definition) is 3. The third-order valence-corrected chi connectivity index (χ3v) is 5.96. The van der Waals surface area contributed by atoms with Crippen molar-refractivity contribution in [1.82, 2.24) is 4.90 Å². The minimum absolute atomic E-state index is 0.0204. The predicted molar refractivity (Wildman–Crippen MR) is 107 cm³/mol. The van der Waals surface area contributed by atoms with Gasteiger partial charge in [-0.05, 0) is 54.5 Å². The van der Waals surface area contributed by atoms with Crippen LogP contribution >= 0.6 is 11.3 Å². The lowest BCUT2D eigenvalue weighted by Crippen LogP contribution is -2.35. The molecule has 1 N–H and O–H groups in total. The Morgan fingerprint density at radius 1 is 1.23 bits per heavy atom. The Labute approximate surface area is 159 Å². The zero-order valence-electron chi connectivity index (χ0n) is 15.5. The smallest absolute Gasteiger partial charge is 0.254 e. The van der Waals surface area contributed by atoms with E-state index in [4.69, 9.17) is 0 Å². The number of anilines is 1. The number of nitrogens with zero attached hydrogens (tertiary/aromatic N) is 1. The Morgan fingerprint density at radius 2 is 2.08 bits per heavy atom. The first-order valence-electron chi connectivity index (χ1n) is 9.34. The molecule has 0 saturated carbocycles. The SMILES string of the molecule is CCCCCC(=O)Nc1cccc(C(=O)N2CCc3sccc3C2)c1C. The molecule has 0 spiro atoms. The molecule has 4 nitrogen and oxygen atoms in total. The molecule has 0 bridgehead atoms. The minimum Gasteiger partial charge on any atom is -0.334 e. The number of hydrogen-bond donors (Lipinski definition) is 1.